The van der Waals surface area contributed by atoms with Gasteiger partial charge in [0.05, 0.1) is 17.4 Å². The third-order valence-electron chi connectivity index (χ3n) is 6.78. The standard InChI is InChI=1S/C26H27ClN6O3/c1-17-14-31(9-10-32(17)24(35)16-34)26-28-12-20(13-29-26)18-7-8-21-23(11-18)33(30(2)25(21)36)15-19-5-3-4-6-22(19)27/h3-8,11-13,17,34H,9-10,14-16H2,1-2H3/t17-/m1/s1. The Kier molecular flexibility index (Phi) is 6.51. The quantitative estimate of drug-likeness (QED) is 0.447. The van der Waals surface area contributed by atoms with E-state index in [-0.39, 0.29) is 17.5 Å². The second-order valence-electron chi connectivity index (χ2n) is 9.02. The molecule has 36 heavy (non-hydrogen) atoms. The number of anilines is 1. The molecular weight excluding hydrogens is 480 g/mol. The van der Waals surface area contributed by atoms with E-state index in [1.165, 1.54) is 0 Å². The highest BCUT2D eigenvalue weighted by Gasteiger charge is 2.28. The number of piperazine rings is 1. The molecular formula is C26H27ClN6O3. The van der Waals surface area contributed by atoms with Crippen LogP contribution in [0.5, 0.6) is 0 Å². The van der Waals surface area contributed by atoms with E-state index in [1.807, 2.05) is 59.0 Å². The first-order chi connectivity index (χ1) is 17.4. The molecule has 0 unspecified atom stereocenters. The van der Waals surface area contributed by atoms with Gasteiger partial charge in [0.2, 0.25) is 11.9 Å². The molecule has 1 aliphatic rings. The molecule has 1 N–H and O–H groups in total. The topological polar surface area (TPSA) is 96.5 Å². The van der Waals surface area contributed by atoms with Crippen molar-refractivity contribution in [2.75, 3.05) is 31.1 Å². The Balaban J connectivity index is 1.42. The minimum absolute atomic E-state index is 0.0444. The maximum absolute atomic E-state index is 12.8. The smallest absolute Gasteiger partial charge is 0.274 e. The van der Waals surface area contributed by atoms with Crippen molar-refractivity contribution in [3.8, 4) is 11.1 Å². The predicted octanol–water partition coefficient (Wildman–Crippen LogP) is 2.53. The first kappa shape index (κ1) is 24.0. The van der Waals surface area contributed by atoms with Gasteiger partial charge in [0.15, 0.2) is 0 Å². The van der Waals surface area contributed by atoms with Gasteiger partial charge < -0.3 is 14.9 Å². The van der Waals surface area contributed by atoms with Crippen molar-refractivity contribution in [1.29, 1.82) is 0 Å². The lowest BCUT2D eigenvalue weighted by Crippen LogP contribution is -2.55. The highest BCUT2D eigenvalue weighted by molar-refractivity contribution is 6.31. The molecule has 1 saturated heterocycles. The van der Waals surface area contributed by atoms with Crippen molar-refractivity contribution in [1.82, 2.24) is 24.2 Å². The molecule has 1 fully saturated rings. The Morgan fingerprint density at radius 3 is 2.56 bits per heavy atom. The Morgan fingerprint density at radius 1 is 1.11 bits per heavy atom. The van der Waals surface area contributed by atoms with Crippen LogP contribution in [0.3, 0.4) is 0 Å². The molecule has 1 aliphatic heterocycles. The molecule has 5 rings (SSSR count). The number of hydrogen-bond donors (Lipinski definition) is 1. The molecule has 0 aliphatic carbocycles. The van der Waals surface area contributed by atoms with E-state index < -0.39 is 6.61 Å². The number of amides is 1. The number of aliphatic hydroxyl groups excluding tert-OH is 1. The van der Waals surface area contributed by atoms with Crippen LogP contribution < -0.4 is 10.5 Å². The van der Waals surface area contributed by atoms with Crippen LogP contribution in [0.25, 0.3) is 22.0 Å². The lowest BCUT2D eigenvalue weighted by Gasteiger charge is -2.39. The van der Waals surface area contributed by atoms with Crippen LogP contribution in [0.4, 0.5) is 5.95 Å². The highest BCUT2D eigenvalue weighted by Crippen LogP contribution is 2.25. The number of aliphatic hydroxyl groups is 1. The average molecular weight is 507 g/mol. The van der Waals surface area contributed by atoms with Crippen molar-refractivity contribution < 1.29 is 9.90 Å². The van der Waals surface area contributed by atoms with E-state index in [2.05, 4.69) is 9.97 Å². The molecule has 10 heteroatoms. The van der Waals surface area contributed by atoms with Crippen LogP contribution in [0, 0.1) is 0 Å². The van der Waals surface area contributed by atoms with E-state index in [0.29, 0.717) is 42.5 Å². The number of carbonyl (C=O) groups is 1. The van der Waals surface area contributed by atoms with Gasteiger partial charge in [-0.05, 0) is 36.2 Å². The van der Waals surface area contributed by atoms with Gasteiger partial charge in [-0.25, -0.2) is 9.97 Å². The number of halogens is 1. The largest absolute Gasteiger partial charge is 0.387 e. The molecule has 2 aromatic heterocycles. The van der Waals surface area contributed by atoms with Gasteiger partial charge in [-0.3, -0.25) is 19.0 Å². The molecule has 1 amide bonds. The summed E-state index contributed by atoms with van der Waals surface area (Å²) in [6.45, 7) is 3.64. The minimum atomic E-state index is -0.479. The summed E-state index contributed by atoms with van der Waals surface area (Å²) < 4.78 is 3.53. The van der Waals surface area contributed by atoms with E-state index in [4.69, 9.17) is 16.7 Å². The fourth-order valence-electron chi connectivity index (χ4n) is 4.76. The van der Waals surface area contributed by atoms with Gasteiger partial charge in [0.25, 0.3) is 5.56 Å². The zero-order valence-corrected chi connectivity index (χ0v) is 20.9. The Hall–Kier alpha value is -3.69. The third-order valence-corrected chi connectivity index (χ3v) is 7.15. The lowest BCUT2D eigenvalue weighted by atomic mass is 10.1. The summed E-state index contributed by atoms with van der Waals surface area (Å²) in [7, 11) is 1.76. The number of aromatic nitrogens is 4. The predicted molar refractivity (Wildman–Crippen MR) is 139 cm³/mol. The number of nitrogens with zero attached hydrogens (tertiary/aromatic N) is 6. The minimum Gasteiger partial charge on any atom is -0.387 e. The molecule has 186 valence electrons. The molecule has 1 atom stereocenters. The Bertz CT molecular complexity index is 1480. The number of benzene rings is 2. The summed E-state index contributed by atoms with van der Waals surface area (Å²) in [5.74, 6) is 0.334. The van der Waals surface area contributed by atoms with E-state index >= 15 is 0 Å². The van der Waals surface area contributed by atoms with Gasteiger partial charge in [-0.2, -0.15) is 0 Å². The molecule has 0 bridgehead atoms. The second kappa shape index (κ2) is 9.75. The van der Waals surface area contributed by atoms with Gasteiger partial charge in [0.1, 0.15) is 6.61 Å². The van der Waals surface area contributed by atoms with Crippen LogP contribution in [0.15, 0.2) is 59.7 Å². The third kappa shape index (κ3) is 4.36. The summed E-state index contributed by atoms with van der Waals surface area (Å²) in [6.07, 6.45) is 3.55. The van der Waals surface area contributed by atoms with Gasteiger partial charge in [-0.15, -0.1) is 0 Å². The Labute approximate surface area is 213 Å². The first-order valence-electron chi connectivity index (χ1n) is 11.8. The van der Waals surface area contributed by atoms with Gasteiger partial charge in [0, 0.05) is 55.7 Å². The van der Waals surface area contributed by atoms with Crippen molar-refractivity contribution >= 4 is 34.4 Å². The monoisotopic (exact) mass is 506 g/mol. The fraction of sp³-hybridized carbons (Fsp3) is 0.308. The summed E-state index contributed by atoms with van der Waals surface area (Å²) in [4.78, 5) is 37.6. The number of fused-ring (bicyclic) bond motifs is 1. The lowest BCUT2D eigenvalue weighted by molar-refractivity contribution is -0.136. The van der Waals surface area contributed by atoms with Crippen molar-refractivity contribution in [3.05, 3.63) is 75.8 Å². The zero-order valence-electron chi connectivity index (χ0n) is 20.1. The second-order valence-corrected chi connectivity index (χ2v) is 9.43. The number of carbonyl (C=O) groups excluding carboxylic acids is 1. The SMILES string of the molecule is C[C@@H]1CN(c2ncc(-c3ccc4c(=O)n(C)n(Cc5ccccc5Cl)c4c3)cn2)CCN1C(=O)CO. The van der Waals surface area contributed by atoms with Crippen molar-refractivity contribution in [2.24, 2.45) is 7.05 Å². The van der Waals surface area contributed by atoms with Crippen molar-refractivity contribution in [2.45, 2.75) is 19.5 Å². The molecule has 4 aromatic rings. The van der Waals surface area contributed by atoms with Gasteiger partial charge in [-0.1, -0.05) is 35.9 Å². The number of hydrogen-bond acceptors (Lipinski definition) is 6. The first-order valence-corrected chi connectivity index (χ1v) is 12.2. The molecule has 3 heterocycles. The molecule has 0 spiro atoms. The number of rotatable bonds is 5. The van der Waals surface area contributed by atoms with Crippen LogP contribution in [-0.4, -0.2) is 67.5 Å². The molecule has 0 radical (unpaired) electrons. The zero-order chi connectivity index (χ0) is 25.4. The van der Waals surface area contributed by atoms with E-state index in [1.54, 1.807) is 29.0 Å². The molecule has 2 aromatic carbocycles. The summed E-state index contributed by atoms with van der Waals surface area (Å²) in [5.41, 5.74) is 3.41. The van der Waals surface area contributed by atoms with Crippen molar-refractivity contribution in [3.63, 3.8) is 0 Å². The normalized spacial score (nSPS) is 16.1. The van der Waals surface area contributed by atoms with Crippen LogP contribution in [0.2, 0.25) is 5.02 Å². The van der Waals surface area contributed by atoms with Crippen LogP contribution >= 0.6 is 11.6 Å². The highest BCUT2D eigenvalue weighted by atomic mass is 35.5. The molecule has 0 saturated carbocycles. The van der Waals surface area contributed by atoms with Gasteiger partial charge >= 0.3 is 0 Å². The summed E-state index contributed by atoms with van der Waals surface area (Å²) >= 11 is 6.38. The fourth-order valence-corrected chi connectivity index (χ4v) is 4.96. The maximum atomic E-state index is 12.8. The molecule has 9 nitrogen and oxygen atoms in total. The Morgan fingerprint density at radius 2 is 1.86 bits per heavy atom. The average Bonchev–Trinajstić information content (AvgIpc) is 3.13. The van der Waals surface area contributed by atoms with E-state index in [0.717, 1.165) is 22.2 Å². The van der Waals surface area contributed by atoms with Crippen LogP contribution in [0.1, 0.15) is 12.5 Å². The van der Waals surface area contributed by atoms with E-state index in [9.17, 15) is 9.59 Å². The summed E-state index contributed by atoms with van der Waals surface area (Å²) in [5, 5.41) is 10.4. The summed E-state index contributed by atoms with van der Waals surface area (Å²) in [6, 6.07) is 13.3. The van der Waals surface area contributed by atoms with Crippen LogP contribution in [-0.2, 0) is 18.4 Å². The maximum Gasteiger partial charge on any atom is 0.274 e.